The fourth-order valence-corrected chi connectivity index (χ4v) is 2.27. The highest BCUT2D eigenvalue weighted by Gasteiger charge is 2.09. The van der Waals surface area contributed by atoms with E-state index in [4.69, 9.17) is 9.47 Å². The highest BCUT2D eigenvalue weighted by Crippen LogP contribution is 2.32. The van der Waals surface area contributed by atoms with Gasteiger partial charge in [0.15, 0.2) is 23.0 Å². The fraction of sp³-hybridized carbons (Fsp3) is 0.211. The number of phenolic OH excluding ortho intramolecular Hbond substituents is 2. The number of hydrogen-bond donors (Lipinski definition) is 4. The molecule has 0 radical (unpaired) electrons. The van der Waals surface area contributed by atoms with Crippen LogP contribution in [-0.2, 0) is 22.6 Å². The van der Waals surface area contributed by atoms with Crippen molar-refractivity contribution in [3.8, 4) is 23.0 Å². The molecule has 0 spiro atoms. The van der Waals surface area contributed by atoms with Crippen LogP contribution in [0.15, 0.2) is 36.4 Å². The first-order valence-corrected chi connectivity index (χ1v) is 7.81. The van der Waals surface area contributed by atoms with Crippen LogP contribution in [0.3, 0.4) is 0 Å². The fourth-order valence-electron chi connectivity index (χ4n) is 2.27. The molecule has 0 unspecified atom stereocenters. The standard InChI is InChI=1S/C19H20O7/c1-25-17-10-13(8-14(11-20)19(17)24)3-5-18(23)26-7-6-12-2-4-15(21)16(22)9-12/h2-5,8-10,20-22,24H,6-7,11H2,1H3. The molecule has 0 aliphatic rings. The number of carbonyl (C=O) groups excluding carboxylic acids is 1. The zero-order valence-corrected chi connectivity index (χ0v) is 14.2. The molecular formula is C19H20O7. The Hall–Kier alpha value is -3.19. The zero-order valence-electron chi connectivity index (χ0n) is 14.2. The molecule has 0 saturated heterocycles. The van der Waals surface area contributed by atoms with E-state index >= 15 is 0 Å². The van der Waals surface area contributed by atoms with Crippen molar-refractivity contribution < 1.29 is 34.7 Å². The third-order valence-corrected chi connectivity index (χ3v) is 3.65. The minimum atomic E-state index is -0.564. The van der Waals surface area contributed by atoms with Crippen LogP contribution < -0.4 is 4.74 Å². The molecule has 0 aromatic heterocycles. The number of carbonyl (C=O) groups is 1. The largest absolute Gasteiger partial charge is 0.504 e. The lowest BCUT2D eigenvalue weighted by atomic mass is 10.1. The summed E-state index contributed by atoms with van der Waals surface area (Å²) in [6, 6.07) is 7.44. The lowest BCUT2D eigenvalue weighted by Gasteiger charge is -2.08. The van der Waals surface area contributed by atoms with E-state index in [-0.39, 0.29) is 41.8 Å². The Morgan fingerprint density at radius 2 is 1.88 bits per heavy atom. The first kappa shape index (κ1) is 19.1. The third kappa shape index (κ3) is 4.90. The molecule has 0 amide bonds. The minimum absolute atomic E-state index is 0.105. The van der Waals surface area contributed by atoms with Gasteiger partial charge < -0.3 is 29.9 Å². The van der Waals surface area contributed by atoms with Gasteiger partial charge in [-0.3, -0.25) is 0 Å². The van der Waals surface area contributed by atoms with E-state index in [1.165, 1.54) is 43.5 Å². The Bertz CT molecular complexity index is 787. The first-order valence-electron chi connectivity index (χ1n) is 7.81. The molecule has 0 aliphatic carbocycles. The number of rotatable bonds is 7. The van der Waals surface area contributed by atoms with Crippen LogP contribution in [0.2, 0.25) is 0 Å². The van der Waals surface area contributed by atoms with E-state index in [0.29, 0.717) is 17.5 Å². The molecule has 0 saturated carbocycles. The quantitative estimate of drug-likeness (QED) is 0.339. The van der Waals surface area contributed by atoms with E-state index in [1.807, 2.05) is 0 Å². The van der Waals surface area contributed by atoms with Crippen molar-refractivity contribution in [1.29, 1.82) is 0 Å². The molecule has 7 heteroatoms. The highest BCUT2D eigenvalue weighted by atomic mass is 16.5. The van der Waals surface area contributed by atoms with Crippen molar-refractivity contribution >= 4 is 12.0 Å². The van der Waals surface area contributed by atoms with Gasteiger partial charge in [-0.1, -0.05) is 6.07 Å². The molecule has 0 aliphatic heterocycles. The summed E-state index contributed by atoms with van der Waals surface area (Å²) in [5.41, 5.74) is 1.56. The van der Waals surface area contributed by atoms with Crippen LogP contribution in [0.5, 0.6) is 23.0 Å². The first-order chi connectivity index (χ1) is 12.4. The van der Waals surface area contributed by atoms with Crippen LogP contribution in [0.1, 0.15) is 16.7 Å². The summed E-state index contributed by atoms with van der Waals surface area (Å²) < 4.78 is 10.1. The molecule has 2 aromatic rings. The van der Waals surface area contributed by atoms with Gasteiger partial charge in [-0.25, -0.2) is 4.79 Å². The monoisotopic (exact) mass is 360 g/mol. The normalized spacial score (nSPS) is 10.8. The Labute approximate surface area is 150 Å². The van der Waals surface area contributed by atoms with E-state index < -0.39 is 5.97 Å². The van der Waals surface area contributed by atoms with Gasteiger partial charge in [-0.2, -0.15) is 0 Å². The molecular weight excluding hydrogens is 340 g/mol. The third-order valence-electron chi connectivity index (χ3n) is 3.65. The average Bonchev–Trinajstić information content (AvgIpc) is 2.63. The lowest BCUT2D eigenvalue weighted by Crippen LogP contribution is -2.04. The van der Waals surface area contributed by atoms with Gasteiger partial charge in [0.2, 0.25) is 0 Å². The van der Waals surface area contributed by atoms with Crippen LogP contribution in [0, 0.1) is 0 Å². The molecule has 0 heterocycles. The van der Waals surface area contributed by atoms with Gasteiger partial charge in [0.25, 0.3) is 0 Å². The maximum Gasteiger partial charge on any atom is 0.330 e. The Balaban J connectivity index is 1.93. The van der Waals surface area contributed by atoms with E-state index in [0.717, 1.165) is 0 Å². The molecule has 7 nitrogen and oxygen atoms in total. The number of benzene rings is 2. The smallest absolute Gasteiger partial charge is 0.330 e. The van der Waals surface area contributed by atoms with E-state index in [1.54, 1.807) is 6.07 Å². The van der Waals surface area contributed by atoms with Gasteiger partial charge in [-0.05, 0) is 41.5 Å². The summed E-state index contributed by atoms with van der Waals surface area (Å²) in [6.07, 6.45) is 3.09. The van der Waals surface area contributed by atoms with Crippen molar-refractivity contribution in [2.24, 2.45) is 0 Å². The number of phenols is 3. The molecule has 2 rings (SSSR count). The zero-order chi connectivity index (χ0) is 19.1. The molecule has 2 aromatic carbocycles. The van der Waals surface area contributed by atoms with Crippen LogP contribution in [-0.4, -0.2) is 40.1 Å². The molecule has 138 valence electrons. The van der Waals surface area contributed by atoms with Gasteiger partial charge in [-0.15, -0.1) is 0 Å². The molecule has 0 atom stereocenters. The number of methoxy groups -OCH3 is 1. The number of esters is 1. The van der Waals surface area contributed by atoms with Gasteiger partial charge >= 0.3 is 5.97 Å². The summed E-state index contributed by atoms with van der Waals surface area (Å²) in [6.45, 7) is -0.262. The van der Waals surface area contributed by atoms with E-state index in [2.05, 4.69) is 0 Å². The maximum atomic E-state index is 11.8. The summed E-state index contributed by atoms with van der Waals surface area (Å²) in [5.74, 6) is -0.955. The van der Waals surface area contributed by atoms with Gasteiger partial charge in [0.1, 0.15) is 0 Å². The number of aliphatic hydroxyl groups is 1. The SMILES string of the molecule is COc1cc(C=CC(=O)OCCc2ccc(O)c(O)c2)cc(CO)c1O. The highest BCUT2D eigenvalue weighted by molar-refractivity contribution is 5.87. The van der Waals surface area contributed by atoms with Crippen LogP contribution >= 0.6 is 0 Å². The average molecular weight is 360 g/mol. The van der Waals surface area contributed by atoms with Crippen molar-refractivity contribution in [2.75, 3.05) is 13.7 Å². The topological polar surface area (TPSA) is 116 Å². The van der Waals surface area contributed by atoms with Crippen molar-refractivity contribution in [3.05, 3.63) is 53.1 Å². The Morgan fingerprint density at radius 1 is 1.12 bits per heavy atom. The minimum Gasteiger partial charge on any atom is -0.504 e. The van der Waals surface area contributed by atoms with E-state index in [9.17, 15) is 25.2 Å². The number of aromatic hydroxyl groups is 3. The summed E-state index contributed by atoms with van der Waals surface area (Å²) in [7, 11) is 1.39. The summed E-state index contributed by atoms with van der Waals surface area (Å²) in [5, 5.41) is 37.7. The predicted molar refractivity (Wildman–Crippen MR) is 94.1 cm³/mol. The number of aliphatic hydroxyl groups excluding tert-OH is 1. The second kappa shape index (κ2) is 8.77. The maximum absolute atomic E-state index is 11.8. The molecule has 4 N–H and O–H groups in total. The predicted octanol–water partition coefficient (Wildman–Crippen LogP) is 2.10. The second-order valence-electron chi connectivity index (χ2n) is 5.46. The summed E-state index contributed by atoms with van der Waals surface area (Å²) >= 11 is 0. The number of ether oxygens (including phenoxy) is 2. The Morgan fingerprint density at radius 3 is 2.54 bits per heavy atom. The van der Waals surface area contributed by atoms with Crippen LogP contribution in [0.4, 0.5) is 0 Å². The Kier molecular flexibility index (Phi) is 6.46. The van der Waals surface area contributed by atoms with Crippen molar-refractivity contribution in [1.82, 2.24) is 0 Å². The van der Waals surface area contributed by atoms with Gasteiger partial charge in [0.05, 0.1) is 20.3 Å². The van der Waals surface area contributed by atoms with Crippen molar-refractivity contribution in [3.63, 3.8) is 0 Å². The van der Waals surface area contributed by atoms with Crippen LogP contribution in [0.25, 0.3) is 6.08 Å². The summed E-state index contributed by atoms with van der Waals surface area (Å²) in [4.78, 5) is 11.8. The van der Waals surface area contributed by atoms with Gasteiger partial charge in [0, 0.05) is 18.1 Å². The molecule has 26 heavy (non-hydrogen) atoms. The van der Waals surface area contributed by atoms with Crippen molar-refractivity contribution in [2.45, 2.75) is 13.0 Å². The lowest BCUT2D eigenvalue weighted by molar-refractivity contribution is -0.137. The molecule has 0 fully saturated rings. The second-order valence-corrected chi connectivity index (χ2v) is 5.46. The molecule has 0 bridgehead atoms. The number of hydrogen-bond acceptors (Lipinski definition) is 7.